The van der Waals surface area contributed by atoms with Crippen molar-refractivity contribution in [1.82, 2.24) is 9.88 Å². The first-order valence-electron chi connectivity index (χ1n) is 10.5. The summed E-state index contributed by atoms with van der Waals surface area (Å²) in [6.45, 7) is 3.51. The summed E-state index contributed by atoms with van der Waals surface area (Å²) in [4.78, 5) is 33.3. The number of hydrogen-bond acceptors (Lipinski definition) is 4. The molecule has 1 aliphatic rings. The van der Waals surface area contributed by atoms with Crippen LogP contribution in [-0.2, 0) is 17.8 Å². The van der Waals surface area contributed by atoms with E-state index >= 15 is 0 Å². The summed E-state index contributed by atoms with van der Waals surface area (Å²) < 4.78 is 37.8. The van der Waals surface area contributed by atoms with E-state index in [4.69, 9.17) is 0 Å². The first-order valence-corrected chi connectivity index (χ1v) is 11.4. The third-order valence-electron chi connectivity index (χ3n) is 5.60. The zero-order valence-corrected chi connectivity index (χ0v) is 19.4. The maximum absolute atomic E-state index is 13.3. The molecule has 4 rings (SSSR count). The topological polar surface area (TPSA) is 53.5 Å². The van der Waals surface area contributed by atoms with Gasteiger partial charge in [0.2, 0.25) is 0 Å². The number of nitrogens with zero attached hydrogens (tertiary/aromatic N) is 3. The Morgan fingerprint density at radius 1 is 0.941 bits per heavy atom. The van der Waals surface area contributed by atoms with Crippen LogP contribution in [0.1, 0.15) is 30.7 Å². The van der Waals surface area contributed by atoms with Crippen LogP contribution < -0.4 is 4.90 Å². The number of hydrogen-bond donors (Lipinski definition) is 0. The Hall–Kier alpha value is -3.33. The van der Waals surface area contributed by atoms with Gasteiger partial charge in [-0.3, -0.25) is 9.78 Å². The van der Waals surface area contributed by atoms with Crippen LogP contribution >= 0.6 is 11.8 Å². The van der Waals surface area contributed by atoms with E-state index in [1.54, 1.807) is 26.1 Å². The summed E-state index contributed by atoms with van der Waals surface area (Å²) in [6.07, 6.45) is 2.32. The van der Waals surface area contributed by atoms with E-state index in [9.17, 15) is 22.8 Å². The van der Waals surface area contributed by atoms with Crippen LogP contribution in [0.4, 0.5) is 23.7 Å². The van der Waals surface area contributed by atoms with Crippen molar-refractivity contribution in [3.8, 4) is 0 Å². The Morgan fingerprint density at radius 3 is 2.26 bits per heavy atom. The largest absolute Gasteiger partial charge is 0.446 e. The molecule has 3 amide bonds. The van der Waals surface area contributed by atoms with Crippen molar-refractivity contribution in [2.24, 2.45) is 0 Å². The highest BCUT2D eigenvalue weighted by Gasteiger charge is 2.51. The van der Waals surface area contributed by atoms with Crippen LogP contribution in [0.15, 0.2) is 77.8 Å². The van der Waals surface area contributed by atoms with Gasteiger partial charge in [-0.15, -0.1) is 0 Å². The van der Waals surface area contributed by atoms with E-state index in [0.717, 1.165) is 21.7 Å². The Labute approximate surface area is 199 Å². The predicted octanol–water partition coefficient (Wildman–Crippen LogP) is 6.03. The Bertz CT molecular complexity index is 1200. The van der Waals surface area contributed by atoms with Gasteiger partial charge in [0.05, 0.1) is 5.69 Å². The molecular formula is C25H22F3N3O2S. The molecule has 0 spiro atoms. The molecule has 0 saturated carbocycles. The fraction of sp³-hybridized carbons (Fsp3) is 0.240. The van der Waals surface area contributed by atoms with Gasteiger partial charge in [0.1, 0.15) is 5.54 Å². The van der Waals surface area contributed by atoms with Gasteiger partial charge >= 0.3 is 11.5 Å². The average Bonchev–Trinajstić information content (AvgIpc) is 2.94. The van der Waals surface area contributed by atoms with E-state index in [0.29, 0.717) is 6.42 Å². The molecule has 3 aromatic rings. The number of anilines is 1. The van der Waals surface area contributed by atoms with Gasteiger partial charge in [0, 0.05) is 29.8 Å². The number of alkyl halides is 3. The average molecular weight is 486 g/mol. The van der Waals surface area contributed by atoms with Crippen molar-refractivity contribution in [1.29, 1.82) is 0 Å². The molecule has 176 valence electrons. The van der Waals surface area contributed by atoms with Crippen LogP contribution in [0.5, 0.6) is 0 Å². The predicted molar refractivity (Wildman–Crippen MR) is 124 cm³/mol. The van der Waals surface area contributed by atoms with Gasteiger partial charge in [0.25, 0.3) is 5.91 Å². The highest BCUT2D eigenvalue weighted by atomic mass is 32.2. The summed E-state index contributed by atoms with van der Waals surface area (Å²) >= 11 is -0.247. The molecule has 5 nitrogen and oxygen atoms in total. The summed E-state index contributed by atoms with van der Waals surface area (Å²) in [5.41, 5.74) is -2.53. The van der Waals surface area contributed by atoms with E-state index in [2.05, 4.69) is 4.98 Å². The number of amides is 3. The fourth-order valence-corrected chi connectivity index (χ4v) is 4.38. The second-order valence-electron chi connectivity index (χ2n) is 8.43. The minimum Gasteiger partial charge on any atom is -0.305 e. The van der Waals surface area contributed by atoms with E-state index in [1.807, 2.05) is 36.4 Å². The number of aromatic nitrogens is 1. The maximum atomic E-state index is 13.3. The van der Waals surface area contributed by atoms with E-state index in [-0.39, 0.29) is 28.9 Å². The lowest BCUT2D eigenvalue weighted by molar-refractivity contribution is -0.123. The number of carbonyl (C=O) groups excluding carboxylic acids is 2. The molecule has 1 fully saturated rings. The van der Waals surface area contributed by atoms with Gasteiger partial charge < -0.3 is 4.90 Å². The molecule has 1 saturated heterocycles. The molecule has 2 aromatic carbocycles. The first kappa shape index (κ1) is 23.8. The zero-order valence-electron chi connectivity index (χ0n) is 18.5. The van der Waals surface area contributed by atoms with Crippen molar-refractivity contribution in [3.63, 3.8) is 0 Å². The summed E-state index contributed by atoms with van der Waals surface area (Å²) in [5.74, 6) is -0.438. The summed E-state index contributed by atoms with van der Waals surface area (Å²) in [7, 11) is 0. The van der Waals surface area contributed by atoms with Crippen molar-refractivity contribution in [2.75, 3.05) is 4.90 Å². The van der Waals surface area contributed by atoms with Crippen LogP contribution in [0.3, 0.4) is 0 Å². The lowest BCUT2D eigenvalue weighted by Crippen LogP contribution is -2.43. The molecule has 1 aliphatic heterocycles. The molecule has 0 atom stereocenters. The number of pyridine rings is 1. The van der Waals surface area contributed by atoms with Gasteiger partial charge in [-0.1, -0.05) is 30.3 Å². The zero-order chi connectivity index (χ0) is 24.5. The van der Waals surface area contributed by atoms with Gasteiger partial charge in [-0.05, 0) is 73.1 Å². The molecule has 2 heterocycles. The minimum atomic E-state index is -4.41. The lowest BCUT2D eigenvalue weighted by atomic mass is 10.0. The molecule has 9 heteroatoms. The van der Waals surface area contributed by atoms with Crippen LogP contribution in [0, 0.1) is 0 Å². The van der Waals surface area contributed by atoms with E-state index < -0.39 is 23.0 Å². The smallest absolute Gasteiger partial charge is 0.305 e. The van der Waals surface area contributed by atoms with Crippen molar-refractivity contribution in [2.45, 2.75) is 42.8 Å². The molecule has 0 unspecified atom stereocenters. The summed E-state index contributed by atoms with van der Waals surface area (Å²) in [6, 6.07) is 18.3. The van der Waals surface area contributed by atoms with Crippen molar-refractivity contribution >= 4 is 29.4 Å². The number of carbonyl (C=O) groups is 2. The van der Waals surface area contributed by atoms with Crippen molar-refractivity contribution < 1.29 is 22.8 Å². The third kappa shape index (κ3) is 5.09. The number of benzene rings is 2. The number of thioether (sulfide) groups is 1. The monoisotopic (exact) mass is 485 g/mol. The van der Waals surface area contributed by atoms with E-state index in [1.165, 1.54) is 29.2 Å². The molecule has 0 bridgehead atoms. The maximum Gasteiger partial charge on any atom is 0.446 e. The van der Waals surface area contributed by atoms with Crippen LogP contribution in [-0.4, -0.2) is 32.9 Å². The third-order valence-corrected chi connectivity index (χ3v) is 6.34. The standard InChI is InChI=1S/C25H22F3N3O2S/c1-24(2)22(32)31(20-8-10-21(11-9-20)34-25(26,27)28)23(33)30(24)16-18-12-13-29-19(15-18)14-17-6-4-3-5-7-17/h3-13,15H,14,16H2,1-2H3. The molecule has 0 N–H and O–H groups in total. The molecular weight excluding hydrogens is 463 g/mol. The molecule has 0 radical (unpaired) electrons. The molecule has 0 aliphatic carbocycles. The quantitative estimate of drug-likeness (QED) is 0.316. The number of rotatable bonds is 6. The Morgan fingerprint density at radius 2 is 1.62 bits per heavy atom. The number of imide groups is 1. The highest BCUT2D eigenvalue weighted by molar-refractivity contribution is 8.00. The number of halogens is 3. The first-order chi connectivity index (χ1) is 16.0. The lowest BCUT2D eigenvalue weighted by Gasteiger charge is -2.27. The number of urea groups is 1. The van der Waals surface area contributed by atoms with Gasteiger partial charge in [0.15, 0.2) is 0 Å². The van der Waals surface area contributed by atoms with Gasteiger partial charge in [-0.2, -0.15) is 13.2 Å². The minimum absolute atomic E-state index is 0.0193. The summed E-state index contributed by atoms with van der Waals surface area (Å²) in [5, 5.41) is 0. The fourth-order valence-electron chi connectivity index (χ4n) is 3.84. The normalized spacial score (nSPS) is 15.8. The SMILES string of the molecule is CC1(C)C(=O)N(c2ccc(SC(F)(F)F)cc2)C(=O)N1Cc1ccnc(Cc2ccccc2)c1. The Balaban J connectivity index is 1.54. The van der Waals surface area contributed by atoms with Crippen molar-refractivity contribution in [3.05, 3.63) is 89.7 Å². The molecule has 34 heavy (non-hydrogen) atoms. The molecule has 1 aromatic heterocycles. The second-order valence-corrected chi connectivity index (χ2v) is 9.57. The Kier molecular flexibility index (Phi) is 6.40. The van der Waals surface area contributed by atoms with Crippen LogP contribution in [0.2, 0.25) is 0 Å². The second kappa shape index (κ2) is 9.13. The van der Waals surface area contributed by atoms with Crippen LogP contribution in [0.25, 0.3) is 0 Å². The highest BCUT2D eigenvalue weighted by Crippen LogP contribution is 2.38. The van der Waals surface area contributed by atoms with Gasteiger partial charge in [-0.25, -0.2) is 9.69 Å².